The number of amides is 1. The van der Waals surface area contributed by atoms with Crippen molar-refractivity contribution in [2.75, 3.05) is 26.7 Å². The minimum absolute atomic E-state index is 0.121. The standard InChI is InChI=1S/C23H26N4O2/c1-29-19-11-9-18(10-12-19)22-20(15-25-26-22)23(28)24-16-21(27-13-5-6-14-27)17-7-3-2-4-8-17/h2-4,7-12,15,21H,5-6,13-14,16H2,1H3,(H,24,28)(H,25,26). The highest BCUT2D eigenvalue weighted by Crippen LogP contribution is 2.26. The van der Waals surface area contributed by atoms with Gasteiger partial charge < -0.3 is 10.1 Å². The highest BCUT2D eigenvalue weighted by atomic mass is 16.5. The number of benzene rings is 2. The van der Waals surface area contributed by atoms with E-state index in [4.69, 9.17) is 4.74 Å². The molecule has 29 heavy (non-hydrogen) atoms. The van der Waals surface area contributed by atoms with Crippen LogP contribution >= 0.6 is 0 Å². The van der Waals surface area contributed by atoms with Crippen molar-refractivity contribution in [2.45, 2.75) is 18.9 Å². The first-order chi connectivity index (χ1) is 14.3. The third-order valence-corrected chi connectivity index (χ3v) is 5.48. The summed E-state index contributed by atoms with van der Waals surface area (Å²) in [5, 5.41) is 10.2. The van der Waals surface area contributed by atoms with Gasteiger partial charge in [-0.05, 0) is 55.8 Å². The van der Waals surface area contributed by atoms with Crippen molar-refractivity contribution in [2.24, 2.45) is 0 Å². The lowest BCUT2D eigenvalue weighted by molar-refractivity contribution is 0.0938. The highest BCUT2D eigenvalue weighted by molar-refractivity contribution is 5.99. The summed E-state index contributed by atoms with van der Waals surface area (Å²) in [4.78, 5) is 15.4. The van der Waals surface area contributed by atoms with Crippen LogP contribution in [0.15, 0.2) is 60.8 Å². The number of nitrogens with zero attached hydrogens (tertiary/aromatic N) is 2. The SMILES string of the molecule is COc1ccc(-c2[nH]ncc2C(=O)NCC(c2ccccc2)N2CCCC2)cc1. The first kappa shape index (κ1) is 19.2. The number of likely N-dealkylation sites (tertiary alicyclic amines) is 1. The van der Waals surface area contributed by atoms with E-state index in [-0.39, 0.29) is 11.9 Å². The van der Waals surface area contributed by atoms with Crippen LogP contribution in [0.3, 0.4) is 0 Å². The average molecular weight is 390 g/mol. The van der Waals surface area contributed by atoms with Gasteiger partial charge in [0, 0.05) is 12.1 Å². The van der Waals surface area contributed by atoms with E-state index < -0.39 is 0 Å². The molecule has 1 atom stereocenters. The van der Waals surface area contributed by atoms with Crippen molar-refractivity contribution in [1.29, 1.82) is 0 Å². The number of hydrogen-bond donors (Lipinski definition) is 2. The number of aromatic amines is 1. The topological polar surface area (TPSA) is 70.2 Å². The quantitative estimate of drug-likeness (QED) is 0.646. The molecule has 1 aliphatic heterocycles. The Morgan fingerprint density at radius 1 is 1.14 bits per heavy atom. The maximum Gasteiger partial charge on any atom is 0.255 e. The van der Waals surface area contributed by atoms with Gasteiger partial charge in [-0.1, -0.05) is 30.3 Å². The van der Waals surface area contributed by atoms with Crippen LogP contribution in [-0.2, 0) is 0 Å². The second kappa shape index (κ2) is 8.92. The molecule has 0 radical (unpaired) electrons. The van der Waals surface area contributed by atoms with E-state index in [0.717, 1.165) is 24.4 Å². The van der Waals surface area contributed by atoms with Crippen LogP contribution in [-0.4, -0.2) is 47.7 Å². The molecule has 1 unspecified atom stereocenters. The van der Waals surface area contributed by atoms with Gasteiger partial charge in [-0.25, -0.2) is 0 Å². The average Bonchev–Trinajstić information content (AvgIpc) is 3.47. The number of nitrogens with one attached hydrogen (secondary N) is 2. The molecular formula is C23H26N4O2. The van der Waals surface area contributed by atoms with E-state index >= 15 is 0 Å². The molecule has 0 spiro atoms. The number of rotatable bonds is 7. The third-order valence-electron chi connectivity index (χ3n) is 5.48. The van der Waals surface area contributed by atoms with Gasteiger partial charge >= 0.3 is 0 Å². The Bertz CT molecular complexity index is 931. The van der Waals surface area contributed by atoms with Crippen molar-refractivity contribution in [1.82, 2.24) is 20.4 Å². The zero-order valence-electron chi connectivity index (χ0n) is 16.6. The van der Waals surface area contributed by atoms with E-state index in [0.29, 0.717) is 17.8 Å². The molecule has 1 aliphatic rings. The molecule has 150 valence electrons. The second-order valence-electron chi connectivity index (χ2n) is 7.27. The van der Waals surface area contributed by atoms with Gasteiger partial charge in [0.15, 0.2) is 0 Å². The first-order valence-electron chi connectivity index (χ1n) is 10.0. The monoisotopic (exact) mass is 390 g/mol. The van der Waals surface area contributed by atoms with Gasteiger partial charge in [0.05, 0.1) is 30.6 Å². The molecule has 1 saturated heterocycles. The molecule has 1 aromatic heterocycles. The predicted octanol–water partition coefficient (Wildman–Crippen LogP) is 3.65. The normalized spacial score (nSPS) is 15.2. The molecule has 0 saturated carbocycles. The number of methoxy groups -OCH3 is 1. The smallest absolute Gasteiger partial charge is 0.255 e. The summed E-state index contributed by atoms with van der Waals surface area (Å²) in [7, 11) is 1.63. The van der Waals surface area contributed by atoms with Crippen LogP contribution in [0, 0.1) is 0 Å². The molecule has 6 nitrogen and oxygen atoms in total. The Kier molecular flexibility index (Phi) is 5.91. The third kappa shape index (κ3) is 4.32. The molecule has 4 rings (SSSR count). The Balaban J connectivity index is 1.49. The van der Waals surface area contributed by atoms with Crippen LogP contribution in [0.25, 0.3) is 11.3 Å². The lowest BCUT2D eigenvalue weighted by Crippen LogP contribution is -2.36. The Morgan fingerprint density at radius 2 is 1.86 bits per heavy atom. The maximum absolute atomic E-state index is 13.0. The van der Waals surface area contributed by atoms with Crippen LogP contribution in [0.5, 0.6) is 5.75 Å². The summed E-state index contributed by atoms with van der Waals surface area (Å²) in [5.41, 5.74) is 3.39. The lowest BCUT2D eigenvalue weighted by Gasteiger charge is -2.28. The Labute approximate surface area is 170 Å². The minimum Gasteiger partial charge on any atom is -0.497 e. The van der Waals surface area contributed by atoms with Crippen molar-refractivity contribution in [3.63, 3.8) is 0 Å². The Hall–Kier alpha value is -3.12. The number of H-pyrrole nitrogens is 1. The second-order valence-corrected chi connectivity index (χ2v) is 7.27. The molecule has 1 amide bonds. The number of hydrogen-bond acceptors (Lipinski definition) is 4. The van der Waals surface area contributed by atoms with Crippen LogP contribution in [0.1, 0.15) is 34.8 Å². The number of carbonyl (C=O) groups excluding carboxylic acids is 1. The molecule has 0 bridgehead atoms. The molecule has 2 heterocycles. The maximum atomic E-state index is 13.0. The summed E-state index contributed by atoms with van der Waals surface area (Å²) in [5.74, 6) is 0.653. The van der Waals surface area contributed by atoms with Crippen molar-refractivity contribution in [3.8, 4) is 17.0 Å². The molecule has 2 aromatic carbocycles. The fourth-order valence-electron chi connectivity index (χ4n) is 3.91. The highest BCUT2D eigenvalue weighted by Gasteiger charge is 2.24. The zero-order chi connectivity index (χ0) is 20.1. The van der Waals surface area contributed by atoms with Gasteiger partial charge in [-0.3, -0.25) is 14.8 Å². The molecule has 6 heteroatoms. The van der Waals surface area contributed by atoms with Gasteiger partial charge in [0.25, 0.3) is 5.91 Å². The van der Waals surface area contributed by atoms with E-state index in [1.54, 1.807) is 13.3 Å². The van der Waals surface area contributed by atoms with Crippen molar-refractivity contribution >= 4 is 5.91 Å². The minimum atomic E-state index is -0.121. The largest absolute Gasteiger partial charge is 0.497 e. The van der Waals surface area contributed by atoms with Gasteiger partial charge in [-0.15, -0.1) is 0 Å². The van der Waals surface area contributed by atoms with Crippen molar-refractivity contribution < 1.29 is 9.53 Å². The summed E-state index contributed by atoms with van der Waals surface area (Å²) in [6, 6.07) is 18.2. The lowest BCUT2D eigenvalue weighted by atomic mass is 10.0. The first-order valence-corrected chi connectivity index (χ1v) is 10.0. The molecule has 1 fully saturated rings. The molecule has 0 aliphatic carbocycles. The summed E-state index contributed by atoms with van der Waals surface area (Å²) < 4.78 is 5.21. The van der Waals surface area contributed by atoms with E-state index in [2.05, 4.69) is 44.7 Å². The number of aromatic nitrogens is 2. The number of carbonyl (C=O) groups is 1. The molecule has 3 aromatic rings. The predicted molar refractivity (Wildman–Crippen MR) is 113 cm³/mol. The van der Waals surface area contributed by atoms with Crippen LogP contribution in [0.4, 0.5) is 0 Å². The van der Waals surface area contributed by atoms with Crippen molar-refractivity contribution in [3.05, 3.63) is 71.9 Å². The fourth-order valence-corrected chi connectivity index (χ4v) is 3.91. The van der Waals surface area contributed by atoms with Crippen LogP contribution < -0.4 is 10.1 Å². The van der Waals surface area contributed by atoms with E-state index in [1.165, 1.54) is 18.4 Å². The summed E-state index contributed by atoms with van der Waals surface area (Å²) in [6.45, 7) is 2.70. The summed E-state index contributed by atoms with van der Waals surface area (Å²) in [6.07, 6.45) is 4.00. The number of ether oxygens (including phenoxy) is 1. The van der Waals surface area contributed by atoms with E-state index in [9.17, 15) is 4.79 Å². The Morgan fingerprint density at radius 3 is 2.55 bits per heavy atom. The molecular weight excluding hydrogens is 364 g/mol. The summed E-state index contributed by atoms with van der Waals surface area (Å²) >= 11 is 0. The zero-order valence-corrected chi connectivity index (χ0v) is 16.6. The fraction of sp³-hybridized carbons (Fsp3) is 0.304. The van der Waals surface area contributed by atoms with E-state index in [1.807, 2.05) is 30.3 Å². The van der Waals surface area contributed by atoms with Gasteiger partial charge in [0.2, 0.25) is 0 Å². The van der Waals surface area contributed by atoms with Gasteiger partial charge in [0.1, 0.15) is 5.75 Å². The molecule has 2 N–H and O–H groups in total. The van der Waals surface area contributed by atoms with Crippen LogP contribution in [0.2, 0.25) is 0 Å². The van der Waals surface area contributed by atoms with Gasteiger partial charge in [-0.2, -0.15) is 5.10 Å².